The number of nitriles is 1. The van der Waals surface area contributed by atoms with E-state index in [4.69, 9.17) is 9.68 Å². The van der Waals surface area contributed by atoms with Gasteiger partial charge in [0.25, 0.3) is 5.91 Å². The molecular formula is C26H22N4O2. The highest BCUT2D eigenvalue weighted by Gasteiger charge is 2.23. The molecule has 1 fully saturated rings. The number of amides is 1. The van der Waals surface area contributed by atoms with Crippen molar-refractivity contribution >= 4 is 16.9 Å². The Morgan fingerprint density at radius 1 is 1.00 bits per heavy atom. The molecule has 1 aliphatic rings. The van der Waals surface area contributed by atoms with Gasteiger partial charge in [-0.3, -0.25) is 14.7 Å². The summed E-state index contributed by atoms with van der Waals surface area (Å²) in [6, 6.07) is 21.2. The molecule has 158 valence electrons. The van der Waals surface area contributed by atoms with Gasteiger partial charge in [-0.05, 0) is 48.0 Å². The number of furan rings is 1. The van der Waals surface area contributed by atoms with E-state index in [0.717, 1.165) is 40.9 Å². The number of pyridine rings is 1. The van der Waals surface area contributed by atoms with Gasteiger partial charge in [-0.1, -0.05) is 18.2 Å². The summed E-state index contributed by atoms with van der Waals surface area (Å²) in [5.74, 6) is 0.901. The Kier molecular flexibility index (Phi) is 5.40. The lowest BCUT2D eigenvalue weighted by Gasteiger charge is -2.34. The zero-order valence-electron chi connectivity index (χ0n) is 17.6. The summed E-state index contributed by atoms with van der Waals surface area (Å²) in [7, 11) is 0. The van der Waals surface area contributed by atoms with E-state index in [1.807, 2.05) is 29.3 Å². The molecule has 0 radical (unpaired) electrons. The molecule has 0 saturated carbocycles. The molecule has 6 heteroatoms. The molecule has 1 amide bonds. The lowest BCUT2D eigenvalue weighted by Crippen LogP contribution is -2.48. The van der Waals surface area contributed by atoms with Gasteiger partial charge in [0.15, 0.2) is 0 Å². The topological polar surface area (TPSA) is 73.4 Å². The molecule has 0 bridgehead atoms. The summed E-state index contributed by atoms with van der Waals surface area (Å²) in [6.45, 7) is 3.58. The zero-order chi connectivity index (χ0) is 21.9. The first-order chi connectivity index (χ1) is 15.7. The Hall–Kier alpha value is -3.95. The third-order valence-electron chi connectivity index (χ3n) is 5.84. The smallest absolute Gasteiger partial charge is 0.253 e. The second kappa shape index (κ2) is 8.66. The van der Waals surface area contributed by atoms with Crippen LogP contribution < -0.4 is 0 Å². The molecule has 2 aromatic heterocycles. The van der Waals surface area contributed by atoms with Crippen molar-refractivity contribution in [2.75, 3.05) is 26.2 Å². The lowest BCUT2D eigenvalue weighted by atomic mass is 10.1. The van der Waals surface area contributed by atoms with E-state index in [1.165, 1.54) is 0 Å². The van der Waals surface area contributed by atoms with E-state index in [0.29, 0.717) is 30.8 Å². The normalized spacial score (nSPS) is 14.4. The minimum Gasteiger partial charge on any atom is -0.460 e. The van der Waals surface area contributed by atoms with Gasteiger partial charge in [0.1, 0.15) is 11.3 Å². The van der Waals surface area contributed by atoms with Gasteiger partial charge in [-0.2, -0.15) is 5.26 Å². The summed E-state index contributed by atoms with van der Waals surface area (Å²) < 4.78 is 6.06. The Balaban J connectivity index is 1.23. The van der Waals surface area contributed by atoms with Crippen LogP contribution in [-0.4, -0.2) is 46.9 Å². The van der Waals surface area contributed by atoms with Gasteiger partial charge in [0, 0.05) is 55.1 Å². The van der Waals surface area contributed by atoms with Gasteiger partial charge in [-0.15, -0.1) is 0 Å². The number of piperazine rings is 1. The number of benzene rings is 2. The molecule has 6 nitrogen and oxygen atoms in total. The van der Waals surface area contributed by atoms with Crippen LogP contribution in [0.15, 0.2) is 77.5 Å². The molecule has 0 spiro atoms. The molecule has 1 saturated heterocycles. The first-order valence-corrected chi connectivity index (χ1v) is 10.6. The second-order valence-corrected chi connectivity index (χ2v) is 7.97. The van der Waals surface area contributed by atoms with E-state index in [9.17, 15) is 4.79 Å². The van der Waals surface area contributed by atoms with Crippen LogP contribution >= 0.6 is 0 Å². The number of aromatic nitrogens is 1. The summed E-state index contributed by atoms with van der Waals surface area (Å²) in [4.78, 5) is 21.1. The molecule has 5 rings (SSSR count). The van der Waals surface area contributed by atoms with Crippen molar-refractivity contribution in [1.82, 2.24) is 14.8 Å². The summed E-state index contributed by atoms with van der Waals surface area (Å²) in [5.41, 5.74) is 4.15. The first kappa shape index (κ1) is 20.0. The molecule has 3 heterocycles. The van der Waals surface area contributed by atoms with Gasteiger partial charge in [0.2, 0.25) is 0 Å². The molecular weight excluding hydrogens is 400 g/mol. The van der Waals surface area contributed by atoms with E-state index < -0.39 is 0 Å². The van der Waals surface area contributed by atoms with Crippen molar-refractivity contribution in [1.29, 1.82) is 5.26 Å². The summed E-state index contributed by atoms with van der Waals surface area (Å²) in [6.07, 6.45) is 3.63. The Morgan fingerprint density at radius 3 is 2.66 bits per heavy atom. The van der Waals surface area contributed by atoms with Crippen molar-refractivity contribution in [2.45, 2.75) is 6.54 Å². The number of carbonyl (C=O) groups is 1. The van der Waals surface area contributed by atoms with E-state index in [2.05, 4.69) is 34.2 Å². The highest BCUT2D eigenvalue weighted by atomic mass is 16.3. The van der Waals surface area contributed by atoms with Gasteiger partial charge < -0.3 is 9.32 Å². The average Bonchev–Trinajstić information content (AvgIpc) is 3.26. The van der Waals surface area contributed by atoms with Crippen molar-refractivity contribution < 1.29 is 9.21 Å². The van der Waals surface area contributed by atoms with Crippen LogP contribution in [-0.2, 0) is 6.54 Å². The van der Waals surface area contributed by atoms with E-state index in [1.54, 1.807) is 30.5 Å². The molecule has 0 atom stereocenters. The van der Waals surface area contributed by atoms with Gasteiger partial charge >= 0.3 is 0 Å². The second-order valence-electron chi connectivity index (χ2n) is 7.97. The predicted octanol–water partition coefficient (Wildman–Crippen LogP) is 4.32. The van der Waals surface area contributed by atoms with Crippen molar-refractivity contribution in [2.24, 2.45) is 0 Å². The number of hydrogen-bond donors (Lipinski definition) is 0. The maximum atomic E-state index is 12.8. The van der Waals surface area contributed by atoms with Crippen molar-refractivity contribution in [3.05, 3.63) is 89.9 Å². The van der Waals surface area contributed by atoms with Crippen LogP contribution in [0.4, 0.5) is 0 Å². The van der Waals surface area contributed by atoms with Crippen LogP contribution in [0.2, 0.25) is 0 Å². The van der Waals surface area contributed by atoms with Crippen LogP contribution in [0.3, 0.4) is 0 Å². The summed E-state index contributed by atoms with van der Waals surface area (Å²) >= 11 is 0. The Morgan fingerprint density at radius 2 is 1.88 bits per heavy atom. The maximum absolute atomic E-state index is 12.8. The third-order valence-corrected chi connectivity index (χ3v) is 5.84. The van der Waals surface area contributed by atoms with E-state index >= 15 is 0 Å². The lowest BCUT2D eigenvalue weighted by molar-refractivity contribution is 0.0621. The molecule has 4 aromatic rings. The monoisotopic (exact) mass is 422 g/mol. The standard InChI is InChI=1S/C26H22N4O2/c27-16-19-3-1-4-21(13-19)26(31)30-11-9-29(10-12-30)18-24-15-23-14-20(6-7-25(23)32-24)22-5-2-8-28-17-22/h1-8,13-15,17H,9-12,18H2. The van der Waals surface area contributed by atoms with Crippen LogP contribution in [0.1, 0.15) is 21.7 Å². The highest BCUT2D eigenvalue weighted by molar-refractivity contribution is 5.94. The summed E-state index contributed by atoms with van der Waals surface area (Å²) in [5, 5.41) is 10.1. The van der Waals surface area contributed by atoms with Crippen LogP contribution in [0.25, 0.3) is 22.1 Å². The fraction of sp³-hybridized carbons (Fsp3) is 0.192. The Labute approximate surface area is 186 Å². The number of hydrogen-bond acceptors (Lipinski definition) is 5. The third kappa shape index (κ3) is 4.11. The number of nitrogens with zero attached hydrogens (tertiary/aromatic N) is 4. The minimum absolute atomic E-state index is 0.0200. The molecule has 1 aliphatic heterocycles. The van der Waals surface area contributed by atoms with E-state index in [-0.39, 0.29) is 5.91 Å². The molecule has 0 aliphatic carbocycles. The molecule has 0 N–H and O–H groups in total. The zero-order valence-corrected chi connectivity index (χ0v) is 17.6. The van der Waals surface area contributed by atoms with Crippen molar-refractivity contribution in [3.8, 4) is 17.2 Å². The number of fused-ring (bicyclic) bond motifs is 1. The fourth-order valence-corrected chi connectivity index (χ4v) is 4.12. The fourth-order valence-electron chi connectivity index (χ4n) is 4.12. The molecule has 32 heavy (non-hydrogen) atoms. The number of carbonyl (C=O) groups excluding carboxylic acids is 1. The SMILES string of the molecule is N#Cc1cccc(C(=O)N2CCN(Cc3cc4cc(-c5cccnc5)ccc4o3)CC2)c1. The molecule has 0 unspecified atom stereocenters. The van der Waals surface area contributed by atoms with Crippen LogP contribution in [0.5, 0.6) is 0 Å². The van der Waals surface area contributed by atoms with Crippen molar-refractivity contribution in [3.63, 3.8) is 0 Å². The molecule has 2 aromatic carbocycles. The van der Waals surface area contributed by atoms with Gasteiger partial charge in [-0.25, -0.2) is 0 Å². The maximum Gasteiger partial charge on any atom is 0.253 e. The number of rotatable bonds is 4. The quantitative estimate of drug-likeness (QED) is 0.490. The average molecular weight is 422 g/mol. The predicted molar refractivity (Wildman–Crippen MR) is 122 cm³/mol. The Bertz CT molecular complexity index is 1300. The highest BCUT2D eigenvalue weighted by Crippen LogP contribution is 2.27. The van der Waals surface area contributed by atoms with Crippen LogP contribution in [0, 0.1) is 11.3 Å². The van der Waals surface area contributed by atoms with Gasteiger partial charge in [0.05, 0.1) is 18.2 Å². The first-order valence-electron chi connectivity index (χ1n) is 10.6. The minimum atomic E-state index is -0.0200. The largest absolute Gasteiger partial charge is 0.460 e.